The highest BCUT2D eigenvalue weighted by Crippen LogP contribution is 2.18. The zero-order valence-electron chi connectivity index (χ0n) is 8.24. The van der Waals surface area contributed by atoms with Crippen molar-refractivity contribution in [2.45, 2.75) is 13.0 Å². The molecule has 2 nitrogen and oxygen atoms in total. The maximum Gasteiger partial charge on any atom is 0.124 e. The molecule has 1 aliphatic rings. The van der Waals surface area contributed by atoms with Gasteiger partial charge in [-0.3, -0.25) is 4.90 Å². The fourth-order valence-corrected chi connectivity index (χ4v) is 1.92. The summed E-state index contributed by atoms with van der Waals surface area (Å²) in [5, 5.41) is 0. The molecule has 1 fully saturated rings. The Morgan fingerprint density at radius 2 is 2.00 bits per heavy atom. The number of likely N-dealkylation sites (tertiary alicyclic amines) is 1. The van der Waals surface area contributed by atoms with Crippen molar-refractivity contribution in [1.82, 2.24) is 4.90 Å². The topological polar surface area (TPSA) is 12.5 Å². The van der Waals surface area contributed by atoms with Crippen LogP contribution in [0.25, 0.3) is 0 Å². The molecule has 0 radical (unpaired) electrons. The molecule has 0 spiro atoms. The van der Waals surface area contributed by atoms with Crippen LogP contribution < -0.4 is 4.74 Å². The number of hydrogen-bond acceptors (Lipinski definition) is 2. The first-order valence-electron chi connectivity index (χ1n) is 4.92. The van der Waals surface area contributed by atoms with Crippen LogP contribution in [0, 0.1) is 3.57 Å². The highest BCUT2D eigenvalue weighted by molar-refractivity contribution is 14.1. The highest BCUT2D eigenvalue weighted by atomic mass is 127. The summed E-state index contributed by atoms with van der Waals surface area (Å²) < 4.78 is 7.04. The summed E-state index contributed by atoms with van der Waals surface area (Å²) in [4.78, 5) is 2.37. The Hall–Kier alpha value is -0.290. The van der Waals surface area contributed by atoms with E-state index >= 15 is 0 Å². The summed E-state index contributed by atoms with van der Waals surface area (Å²) in [7, 11) is 0. The standard InChI is InChI=1S/C11H14INO/c1-2-13-7-11(8-13)14-10-5-3-9(12)4-6-10/h3-6,11H,2,7-8H2,1H3. The van der Waals surface area contributed by atoms with Gasteiger partial charge in [0.25, 0.3) is 0 Å². The number of nitrogens with zero attached hydrogens (tertiary/aromatic N) is 1. The van der Waals surface area contributed by atoms with Gasteiger partial charge in [-0.2, -0.15) is 0 Å². The second kappa shape index (κ2) is 4.49. The zero-order valence-corrected chi connectivity index (χ0v) is 10.4. The van der Waals surface area contributed by atoms with Gasteiger partial charge in [-0.1, -0.05) is 6.92 Å². The molecule has 14 heavy (non-hydrogen) atoms. The van der Waals surface area contributed by atoms with Crippen molar-refractivity contribution in [3.05, 3.63) is 27.8 Å². The van der Waals surface area contributed by atoms with Gasteiger partial charge in [0.15, 0.2) is 0 Å². The van der Waals surface area contributed by atoms with Crippen LogP contribution in [0.5, 0.6) is 5.75 Å². The van der Waals surface area contributed by atoms with Crippen LogP contribution >= 0.6 is 22.6 Å². The van der Waals surface area contributed by atoms with Crippen molar-refractivity contribution in [3.63, 3.8) is 0 Å². The lowest BCUT2D eigenvalue weighted by molar-refractivity contribution is 0.0238. The Labute approximate surface area is 98.4 Å². The van der Waals surface area contributed by atoms with Gasteiger partial charge in [0, 0.05) is 16.7 Å². The quantitative estimate of drug-likeness (QED) is 0.795. The Morgan fingerprint density at radius 3 is 2.57 bits per heavy atom. The van der Waals surface area contributed by atoms with Gasteiger partial charge in [0.1, 0.15) is 11.9 Å². The lowest BCUT2D eigenvalue weighted by Crippen LogP contribution is -2.53. The van der Waals surface area contributed by atoms with E-state index in [4.69, 9.17) is 4.74 Å². The van der Waals surface area contributed by atoms with Crippen LogP contribution in [0.2, 0.25) is 0 Å². The molecule has 2 rings (SSSR count). The van der Waals surface area contributed by atoms with E-state index in [0.717, 1.165) is 25.4 Å². The van der Waals surface area contributed by atoms with Gasteiger partial charge >= 0.3 is 0 Å². The van der Waals surface area contributed by atoms with E-state index in [1.807, 2.05) is 12.1 Å². The lowest BCUT2D eigenvalue weighted by Gasteiger charge is -2.38. The normalized spacial score (nSPS) is 17.9. The smallest absolute Gasteiger partial charge is 0.124 e. The maximum absolute atomic E-state index is 5.79. The van der Waals surface area contributed by atoms with Crippen LogP contribution in [0.4, 0.5) is 0 Å². The van der Waals surface area contributed by atoms with Crippen LogP contribution in [-0.2, 0) is 0 Å². The first-order valence-corrected chi connectivity index (χ1v) is 6.00. The molecule has 0 N–H and O–H groups in total. The average molecular weight is 303 g/mol. The Morgan fingerprint density at radius 1 is 1.36 bits per heavy atom. The maximum atomic E-state index is 5.79. The van der Waals surface area contributed by atoms with Crippen molar-refractivity contribution in [2.24, 2.45) is 0 Å². The van der Waals surface area contributed by atoms with E-state index in [1.165, 1.54) is 3.57 Å². The van der Waals surface area contributed by atoms with Gasteiger partial charge in [-0.05, 0) is 53.4 Å². The summed E-state index contributed by atoms with van der Waals surface area (Å²) in [5.41, 5.74) is 0. The number of likely N-dealkylation sites (N-methyl/N-ethyl adjacent to an activating group) is 1. The molecule has 1 aliphatic heterocycles. The molecular formula is C11H14INO. The SMILES string of the molecule is CCN1CC(Oc2ccc(I)cc2)C1. The second-order valence-electron chi connectivity index (χ2n) is 3.55. The fraction of sp³-hybridized carbons (Fsp3) is 0.455. The molecule has 1 saturated heterocycles. The monoisotopic (exact) mass is 303 g/mol. The Bertz CT molecular complexity index is 293. The van der Waals surface area contributed by atoms with Crippen molar-refractivity contribution in [3.8, 4) is 5.75 Å². The average Bonchev–Trinajstić information content (AvgIpc) is 2.13. The Kier molecular flexibility index (Phi) is 3.28. The molecule has 0 aliphatic carbocycles. The molecule has 76 valence electrons. The molecular weight excluding hydrogens is 289 g/mol. The summed E-state index contributed by atoms with van der Waals surface area (Å²) in [6.07, 6.45) is 0.398. The van der Waals surface area contributed by atoms with Gasteiger partial charge in [-0.25, -0.2) is 0 Å². The van der Waals surface area contributed by atoms with Crippen LogP contribution in [0.15, 0.2) is 24.3 Å². The summed E-state index contributed by atoms with van der Waals surface area (Å²) in [6.45, 7) is 5.46. The van der Waals surface area contributed by atoms with Gasteiger partial charge in [0.05, 0.1) is 0 Å². The van der Waals surface area contributed by atoms with E-state index in [9.17, 15) is 0 Å². The molecule has 0 bridgehead atoms. The molecule has 1 heterocycles. The molecule has 1 aromatic rings. The van der Waals surface area contributed by atoms with Gasteiger partial charge in [0.2, 0.25) is 0 Å². The number of ether oxygens (including phenoxy) is 1. The third kappa shape index (κ3) is 2.39. The third-order valence-electron chi connectivity index (χ3n) is 2.49. The number of hydrogen-bond donors (Lipinski definition) is 0. The second-order valence-corrected chi connectivity index (χ2v) is 4.79. The minimum atomic E-state index is 0.398. The number of halogens is 1. The predicted octanol–water partition coefficient (Wildman–Crippen LogP) is 2.37. The Balaban J connectivity index is 1.84. The summed E-state index contributed by atoms with van der Waals surface area (Å²) in [5.74, 6) is 0.992. The zero-order chi connectivity index (χ0) is 9.97. The summed E-state index contributed by atoms with van der Waals surface area (Å²) in [6, 6.07) is 8.23. The van der Waals surface area contributed by atoms with Gasteiger partial charge in [-0.15, -0.1) is 0 Å². The lowest BCUT2D eigenvalue weighted by atomic mass is 10.2. The first-order chi connectivity index (χ1) is 6.78. The van der Waals surface area contributed by atoms with Crippen molar-refractivity contribution in [1.29, 1.82) is 0 Å². The molecule has 0 amide bonds. The molecule has 3 heteroatoms. The van der Waals surface area contributed by atoms with Crippen molar-refractivity contribution < 1.29 is 4.74 Å². The van der Waals surface area contributed by atoms with Crippen LogP contribution in [0.3, 0.4) is 0 Å². The minimum absolute atomic E-state index is 0.398. The fourth-order valence-electron chi connectivity index (χ4n) is 1.56. The first kappa shape index (κ1) is 10.2. The molecule has 0 unspecified atom stereocenters. The van der Waals surface area contributed by atoms with Crippen molar-refractivity contribution in [2.75, 3.05) is 19.6 Å². The molecule has 0 aromatic heterocycles. The van der Waals surface area contributed by atoms with E-state index in [1.54, 1.807) is 0 Å². The molecule has 0 saturated carbocycles. The molecule has 0 atom stereocenters. The van der Waals surface area contributed by atoms with Crippen LogP contribution in [0.1, 0.15) is 6.92 Å². The van der Waals surface area contributed by atoms with Crippen LogP contribution in [-0.4, -0.2) is 30.6 Å². The largest absolute Gasteiger partial charge is 0.488 e. The van der Waals surface area contributed by atoms with E-state index in [0.29, 0.717) is 6.10 Å². The van der Waals surface area contributed by atoms with E-state index < -0.39 is 0 Å². The summed E-state index contributed by atoms with van der Waals surface area (Å²) >= 11 is 2.30. The predicted molar refractivity (Wildman–Crippen MR) is 65.7 cm³/mol. The van der Waals surface area contributed by atoms with Crippen molar-refractivity contribution >= 4 is 22.6 Å². The minimum Gasteiger partial charge on any atom is -0.488 e. The van der Waals surface area contributed by atoms with Gasteiger partial charge < -0.3 is 4.74 Å². The van der Waals surface area contributed by atoms with E-state index in [-0.39, 0.29) is 0 Å². The van der Waals surface area contributed by atoms with E-state index in [2.05, 4.69) is 46.5 Å². The highest BCUT2D eigenvalue weighted by Gasteiger charge is 2.26. The number of benzene rings is 1. The third-order valence-corrected chi connectivity index (χ3v) is 3.21. The number of rotatable bonds is 3. The molecule has 1 aromatic carbocycles.